The summed E-state index contributed by atoms with van der Waals surface area (Å²) in [6, 6.07) is 9.69. The molecule has 0 unspecified atom stereocenters. The molecular formula is C15H16ClFN4. The number of aryl methyl sites for hydroxylation is 1. The molecule has 4 nitrogen and oxygen atoms in total. The number of rotatable bonds is 1. The summed E-state index contributed by atoms with van der Waals surface area (Å²) in [5.74, 6) is 0. The summed E-state index contributed by atoms with van der Waals surface area (Å²) in [4.78, 5) is 8.24. The van der Waals surface area contributed by atoms with Gasteiger partial charge in [-0.15, -0.1) is 0 Å². The number of nitrogens with zero attached hydrogens (tertiary/aromatic N) is 3. The molecule has 3 rings (SSSR count). The highest BCUT2D eigenvalue weighted by Gasteiger charge is 2.11. The van der Waals surface area contributed by atoms with E-state index < -0.39 is 0 Å². The lowest BCUT2D eigenvalue weighted by atomic mass is 10.1. The summed E-state index contributed by atoms with van der Waals surface area (Å²) in [5, 5.41) is 1.32. The standard InChI is InChI=1S/C13H11ClN4.C2H5F/c1-18-11(8-2-4-9(15)5-3-8)6-10-12(14)16-7-17-13(10)18;1-2-3/h2-7H,15H2,1H3;2H2,1H3. The number of aromatic nitrogens is 3. The van der Waals surface area contributed by atoms with Crippen LogP contribution in [0.15, 0.2) is 36.7 Å². The molecule has 2 N–H and O–H groups in total. The second-order valence-corrected chi connectivity index (χ2v) is 4.74. The van der Waals surface area contributed by atoms with Crippen LogP contribution in [0.4, 0.5) is 10.1 Å². The summed E-state index contributed by atoms with van der Waals surface area (Å²) in [6.07, 6.45) is 1.47. The van der Waals surface area contributed by atoms with Gasteiger partial charge in [0.15, 0.2) is 0 Å². The number of benzene rings is 1. The van der Waals surface area contributed by atoms with E-state index in [4.69, 9.17) is 17.3 Å². The molecule has 1 aromatic carbocycles. The number of anilines is 1. The Balaban J connectivity index is 0.000000497. The van der Waals surface area contributed by atoms with Gasteiger partial charge in [-0.1, -0.05) is 23.7 Å². The second-order valence-electron chi connectivity index (χ2n) is 4.38. The van der Waals surface area contributed by atoms with Gasteiger partial charge in [-0.25, -0.2) is 9.97 Å². The van der Waals surface area contributed by atoms with Crippen molar-refractivity contribution in [2.75, 3.05) is 12.4 Å². The van der Waals surface area contributed by atoms with Crippen LogP contribution in [0.2, 0.25) is 5.15 Å². The average Bonchev–Trinajstić information content (AvgIpc) is 2.80. The van der Waals surface area contributed by atoms with Gasteiger partial charge < -0.3 is 10.3 Å². The number of fused-ring (bicyclic) bond motifs is 1. The van der Waals surface area contributed by atoms with Crippen LogP contribution >= 0.6 is 11.6 Å². The highest BCUT2D eigenvalue weighted by Crippen LogP contribution is 2.29. The van der Waals surface area contributed by atoms with E-state index in [0.29, 0.717) is 5.15 Å². The Morgan fingerprint density at radius 2 is 1.86 bits per heavy atom. The van der Waals surface area contributed by atoms with E-state index in [2.05, 4.69) is 9.97 Å². The number of nitrogen functional groups attached to an aromatic ring is 1. The molecule has 110 valence electrons. The molecule has 0 amide bonds. The Morgan fingerprint density at radius 1 is 1.24 bits per heavy atom. The van der Waals surface area contributed by atoms with Gasteiger partial charge in [0.2, 0.25) is 0 Å². The topological polar surface area (TPSA) is 56.7 Å². The lowest BCUT2D eigenvalue weighted by Crippen LogP contribution is -1.93. The Hall–Kier alpha value is -2.14. The first-order chi connectivity index (χ1) is 10.1. The average molecular weight is 307 g/mol. The minimum atomic E-state index is -0.250. The van der Waals surface area contributed by atoms with Gasteiger partial charge in [0.1, 0.15) is 17.1 Å². The van der Waals surface area contributed by atoms with Crippen molar-refractivity contribution in [1.29, 1.82) is 0 Å². The van der Waals surface area contributed by atoms with Crippen LogP contribution in [0.5, 0.6) is 0 Å². The van der Waals surface area contributed by atoms with Crippen molar-refractivity contribution in [3.05, 3.63) is 41.8 Å². The van der Waals surface area contributed by atoms with E-state index in [9.17, 15) is 4.39 Å². The van der Waals surface area contributed by atoms with E-state index in [0.717, 1.165) is 28.0 Å². The summed E-state index contributed by atoms with van der Waals surface area (Å²) < 4.78 is 12.3. The van der Waals surface area contributed by atoms with Crippen molar-refractivity contribution in [3.8, 4) is 11.3 Å². The van der Waals surface area contributed by atoms with Crippen molar-refractivity contribution in [1.82, 2.24) is 14.5 Å². The Morgan fingerprint density at radius 3 is 2.43 bits per heavy atom. The first-order valence-corrected chi connectivity index (χ1v) is 6.84. The van der Waals surface area contributed by atoms with Crippen LogP contribution in [-0.4, -0.2) is 21.2 Å². The molecule has 0 saturated heterocycles. The third-order valence-electron chi connectivity index (χ3n) is 2.98. The quantitative estimate of drug-likeness (QED) is 0.549. The highest BCUT2D eigenvalue weighted by molar-refractivity contribution is 6.34. The summed E-state index contributed by atoms with van der Waals surface area (Å²) in [6.45, 7) is 1.21. The smallest absolute Gasteiger partial charge is 0.145 e. The molecule has 0 saturated carbocycles. The van der Waals surface area contributed by atoms with Crippen LogP contribution in [0.25, 0.3) is 22.3 Å². The fraction of sp³-hybridized carbons (Fsp3) is 0.200. The number of nitrogens with two attached hydrogens (primary N) is 1. The van der Waals surface area contributed by atoms with Gasteiger partial charge in [-0.2, -0.15) is 0 Å². The zero-order chi connectivity index (χ0) is 15.4. The normalized spacial score (nSPS) is 10.3. The van der Waals surface area contributed by atoms with Crippen LogP contribution < -0.4 is 5.73 Å². The van der Waals surface area contributed by atoms with Gasteiger partial charge in [-0.05, 0) is 30.7 Å². The molecule has 0 fully saturated rings. The fourth-order valence-electron chi connectivity index (χ4n) is 2.04. The maximum atomic E-state index is 10.3. The second kappa shape index (κ2) is 6.54. The zero-order valence-electron chi connectivity index (χ0n) is 11.8. The van der Waals surface area contributed by atoms with Crippen LogP contribution in [0, 0.1) is 0 Å². The largest absolute Gasteiger partial charge is 0.399 e. The minimum absolute atomic E-state index is 0.250. The molecule has 21 heavy (non-hydrogen) atoms. The van der Waals surface area contributed by atoms with Crippen molar-refractivity contribution < 1.29 is 4.39 Å². The molecule has 2 aromatic heterocycles. The van der Waals surface area contributed by atoms with Gasteiger partial charge in [0, 0.05) is 12.7 Å². The van der Waals surface area contributed by atoms with Gasteiger partial charge in [0.05, 0.1) is 17.8 Å². The zero-order valence-corrected chi connectivity index (χ0v) is 12.6. The fourth-order valence-corrected chi connectivity index (χ4v) is 2.22. The summed E-state index contributed by atoms with van der Waals surface area (Å²) >= 11 is 6.07. The molecule has 0 aliphatic rings. The highest BCUT2D eigenvalue weighted by atomic mass is 35.5. The van der Waals surface area contributed by atoms with Crippen molar-refractivity contribution in [3.63, 3.8) is 0 Å². The molecular weight excluding hydrogens is 291 g/mol. The monoisotopic (exact) mass is 306 g/mol. The maximum Gasteiger partial charge on any atom is 0.145 e. The molecule has 0 aliphatic carbocycles. The maximum absolute atomic E-state index is 10.3. The predicted molar refractivity (Wildman–Crippen MR) is 85.0 cm³/mol. The van der Waals surface area contributed by atoms with Crippen molar-refractivity contribution >= 4 is 28.3 Å². The third kappa shape index (κ3) is 3.13. The predicted octanol–water partition coefficient (Wildman–Crippen LogP) is 3.85. The minimum Gasteiger partial charge on any atom is -0.399 e. The molecule has 0 spiro atoms. The molecule has 3 aromatic rings. The van der Waals surface area contributed by atoms with Gasteiger partial charge >= 0.3 is 0 Å². The van der Waals surface area contributed by atoms with E-state index in [1.165, 1.54) is 13.3 Å². The first-order valence-electron chi connectivity index (χ1n) is 6.46. The number of hydrogen-bond acceptors (Lipinski definition) is 3. The molecule has 6 heteroatoms. The third-order valence-corrected chi connectivity index (χ3v) is 3.28. The van der Waals surface area contributed by atoms with Gasteiger partial charge in [-0.3, -0.25) is 4.39 Å². The van der Waals surface area contributed by atoms with Gasteiger partial charge in [0.25, 0.3) is 0 Å². The molecule has 0 aliphatic heterocycles. The van der Waals surface area contributed by atoms with Crippen molar-refractivity contribution in [2.45, 2.75) is 6.92 Å². The van der Waals surface area contributed by atoms with Crippen LogP contribution in [-0.2, 0) is 7.05 Å². The first kappa shape index (κ1) is 15.3. The van der Waals surface area contributed by atoms with Crippen LogP contribution in [0.1, 0.15) is 6.92 Å². The van der Waals surface area contributed by atoms with E-state index in [1.54, 1.807) is 0 Å². The molecule has 0 atom stereocenters. The summed E-state index contributed by atoms with van der Waals surface area (Å²) in [7, 11) is 1.96. The number of hydrogen-bond donors (Lipinski definition) is 1. The van der Waals surface area contributed by atoms with E-state index >= 15 is 0 Å². The van der Waals surface area contributed by atoms with Crippen molar-refractivity contribution in [2.24, 2.45) is 7.05 Å². The SMILES string of the molecule is CCF.Cn1c(-c2ccc(N)cc2)cc2c(Cl)ncnc21. The van der Waals surface area contributed by atoms with Crippen LogP contribution in [0.3, 0.4) is 0 Å². The van der Waals surface area contributed by atoms with E-state index in [1.807, 2.05) is 41.9 Å². The Bertz CT molecular complexity index is 737. The van der Waals surface area contributed by atoms with E-state index in [-0.39, 0.29) is 6.67 Å². The molecule has 0 bridgehead atoms. The number of halogens is 2. The molecule has 0 radical (unpaired) electrons. The molecule has 2 heterocycles. The summed E-state index contributed by atoms with van der Waals surface area (Å²) in [5.41, 5.74) is 9.36. The lowest BCUT2D eigenvalue weighted by molar-refractivity contribution is 0.527. The Labute approximate surface area is 127 Å². The Kier molecular flexibility index (Phi) is 4.75. The number of alkyl halides is 1. The lowest BCUT2D eigenvalue weighted by Gasteiger charge is -2.04.